The van der Waals surface area contributed by atoms with Gasteiger partial charge in [0.05, 0.1) is 28.4 Å². The number of nitro groups is 1. The standard InChI is InChI=1S/C18H15N3O4/c22-17-10-9-13(21(24)25)11-16(17)20-18(23)15-8-4-7-14(19-15)12-5-2-1-3-6-12/h1-10,18,22-23H,11H2. The molecule has 0 amide bonds. The van der Waals surface area contributed by atoms with Gasteiger partial charge in [-0.15, -0.1) is 0 Å². The van der Waals surface area contributed by atoms with Crippen molar-refractivity contribution in [2.24, 2.45) is 4.99 Å². The number of benzene rings is 1. The van der Waals surface area contributed by atoms with Gasteiger partial charge in [0.15, 0.2) is 6.23 Å². The van der Waals surface area contributed by atoms with Gasteiger partial charge in [-0.2, -0.15) is 0 Å². The number of hydrogen-bond acceptors (Lipinski definition) is 6. The molecule has 2 aromatic rings. The summed E-state index contributed by atoms with van der Waals surface area (Å²) in [6.07, 6.45) is 0.918. The molecule has 0 aliphatic heterocycles. The Balaban J connectivity index is 1.87. The zero-order chi connectivity index (χ0) is 17.8. The predicted octanol–water partition coefficient (Wildman–Crippen LogP) is 3.19. The molecule has 0 saturated carbocycles. The van der Waals surface area contributed by atoms with Crippen molar-refractivity contribution in [1.29, 1.82) is 0 Å². The third-order valence-corrected chi connectivity index (χ3v) is 3.70. The van der Waals surface area contributed by atoms with Gasteiger partial charge in [-0.25, -0.2) is 9.98 Å². The van der Waals surface area contributed by atoms with Crippen molar-refractivity contribution in [3.63, 3.8) is 0 Å². The van der Waals surface area contributed by atoms with Crippen molar-refractivity contribution in [2.75, 3.05) is 0 Å². The molecule has 1 aliphatic carbocycles. The Morgan fingerprint density at radius 3 is 2.60 bits per heavy atom. The molecule has 1 unspecified atom stereocenters. The average molecular weight is 337 g/mol. The van der Waals surface area contributed by atoms with E-state index in [9.17, 15) is 20.3 Å². The Labute approximate surface area is 143 Å². The molecular formula is C18H15N3O4. The number of hydrogen-bond donors (Lipinski definition) is 2. The lowest BCUT2D eigenvalue weighted by atomic mass is 10.1. The lowest BCUT2D eigenvalue weighted by Gasteiger charge is -2.12. The van der Waals surface area contributed by atoms with E-state index < -0.39 is 11.2 Å². The van der Waals surface area contributed by atoms with E-state index in [1.807, 2.05) is 36.4 Å². The molecule has 2 N–H and O–H groups in total. The van der Waals surface area contributed by atoms with Gasteiger partial charge < -0.3 is 10.2 Å². The Morgan fingerprint density at radius 2 is 1.88 bits per heavy atom. The average Bonchev–Trinajstić information content (AvgIpc) is 2.64. The van der Waals surface area contributed by atoms with E-state index in [4.69, 9.17) is 0 Å². The molecule has 0 bridgehead atoms. The molecule has 0 fully saturated rings. The summed E-state index contributed by atoms with van der Waals surface area (Å²) >= 11 is 0. The summed E-state index contributed by atoms with van der Waals surface area (Å²) in [5.74, 6) is -0.205. The molecule has 3 rings (SSSR count). The van der Waals surface area contributed by atoms with Gasteiger partial charge in [0.25, 0.3) is 5.70 Å². The number of aromatic nitrogens is 1. The van der Waals surface area contributed by atoms with Crippen molar-refractivity contribution in [2.45, 2.75) is 12.6 Å². The molecule has 1 heterocycles. The first-order chi connectivity index (χ1) is 12.0. The highest BCUT2D eigenvalue weighted by Crippen LogP contribution is 2.22. The summed E-state index contributed by atoms with van der Waals surface area (Å²) in [5.41, 5.74) is 1.80. The van der Waals surface area contributed by atoms with E-state index in [1.165, 1.54) is 12.2 Å². The second kappa shape index (κ2) is 7.06. The van der Waals surface area contributed by atoms with E-state index >= 15 is 0 Å². The Hall–Kier alpha value is -3.32. The molecule has 7 nitrogen and oxygen atoms in total. The highest BCUT2D eigenvalue weighted by molar-refractivity contribution is 6.00. The molecule has 0 radical (unpaired) electrons. The van der Waals surface area contributed by atoms with Gasteiger partial charge in [0, 0.05) is 11.6 Å². The van der Waals surface area contributed by atoms with E-state index in [-0.39, 0.29) is 23.6 Å². The molecular weight excluding hydrogens is 322 g/mol. The molecule has 25 heavy (non-hydrogen) atoms. The zero-order valence-electron chi connectivity index (χ0n) is 13.1. The van der Waals surface area contributed by atoms with Crippen LogP contribution in [-0.4, -0.2) is 25.8 Å². The SMILES string of the molecule is O=[N+]([O-])C1=CC=C(O)C(=NC(O)c2cccc(-c3ccccc3)n2)C1. The number of pyridine rings is 1. The maximum Gasteiger partial charge on any atom is 0.252 e. The number of aliphatic hydroxyl groups is 2. The maximum atomic E-state index is 10.9. The molecule has 0 spiro atoms. The number of rotatable bonds is 4. The molecule has 0 saturated heterocycles. The summed E-state index contributed by atoms with van der Waals surface area (Å²) in [4.78, 5) is 18.7. The third kappa shape index (κ3) is 3.78. The van der Waals surface area contributed by atoms with Crippen LogP contribution in [0.25, 0.3) is 11.3 Å². The summed E-state index contributed by atoms with van der Waals surface area (Å²) in [6.45, 7) is 0. The summed E-state index contributed by atoms with van der Waals surface area (Å²) in [7, 11) is 0. The van der Waals surface area contributed by atoms with Gasteiger partial charge >= 0.3 is 0 Å². The minimum atomic E-state index is -1.33. The lowest BCUT2D eigenvalue weighted by molar-refractivity contribution is -0.426. The van der Waals surface area contributed by atoms with Crippen LogP contribution in [0.3, 0.4) is 0 Å². The van der Waals surface area contributed by atoms with Crippen LogP contribution in [0, 0.1) is 10.1 Å². The first-order valence-electron chi connectivity index (χ1n) is 7.56. The van der Waals surface area contributed by atoms with Crippen molar-refractivity contribution in [3.8, 4) is 11.3 Å². The van der Waals surface area contributed by atoms with Crippen LogP contribution in [0.2, 0.25) is 0 Å². The number of aliphatic imine (C=N–C) groups is 1. The summed E-state index contributed by atoms with van der Waals surface area (Å²) < 4.78 is 0. The fourth-order valence-corrected chi connectivity index (χ4v) is 2.41. The lowest BCUT2D eigenvalue weighted by Crippen LogP contribution is -2.14. The normalized spacial score (nSPS) is 16.9. The Kier molecular flexibility index (Phi) is 4.67. The van der Waals surface area contributed by atoms with Gasteiger partial charge in [0.1, 0.15) is 5.76 Å². The molecule has 1 aliphatic rings. The minimum absolute atomic E-state index is 0.0496. The van der Waals surface area contributed by atoms with Crippen molar-refractivity contribution >= 4 is 5.71 Å². The monoisotopic (exact) mass is 337 g/mol. The Bertz CT molecular complexity index is 888. The van der Waals surface area contributed by atoms with Gasteiger partial charge in [-0.1, -0.05) is 36.4 Å². The molecule has 126 valence electrons. The quantitative estimate of drug-likeness (QED) is 0.658. The molecule has 1 aromatic carbocycles. The van der Waals surface area contributed by atoms with Crippen molar-refractivity contribution in [3.05, 3.63) is 87.9 Å². The van der Waals surface area contributed by atoms with Crippen LogP contribution < -0.4 is 0 Å². The maximum absolute atomic E-state index is 10.9. The largest absolute Gasteiger partial charge is 0.506 e. The van der Waals surface area contributed by atoms with Crippen LogP contribution in [0.15, 0.2) is 77.1 Å². The van der Waals surface area contributed by atoms with Crippen molar-refractivity contribution in [1.82, 2.24) is 4.98 Å². The summed E-state index contributed by atoms with van der Waals surface area (Å²) in [6, 6.07) is 14.6. The molecule has 7 heteroatoms. The highest BCUT2D eigenvalue weighted by Gasteiger charge is 2.22. The van der Waals surface area contributed by atoms with E-state index in [0.717, 1.165) is 5.56 Å². The van der Waals surface area contributed by atoms with Crippen LogP contribution in [0.4, 0.5) is 0 Å². The minimum Gasteiger partial charge on any atom is -0.506 e. The fourth-order valence-electron chi connectivity index (χ4n) is 2.41. The van der Waals surface area contributed by atoms with E-state index in [0.29, 0.717) is 11.4 Å². The number of aliphatic hydroxyl groups excluding tert-OH is 2. The van der Waals surface area contributed by atoms with Crippen LogP contribution in [-0.2, 0) is 0 Å². The second-order valence-corrected chi connectivity index (χ2v) is 5.41. The first-order valence-corrected chi connectivity index (χ1v) is 7.56. The van der Waals surface area contributed by atoms with Crippen LogP contribution in [0.1, 0.15) is 18.3 Å². The summed E-state index contributed by atoms with van der Waals surface area (Å²) in [5, 5.41) is 31.0. The van der Waals surface area contributed by atoms with E-state index in [2.05, 4.69) is 9.98 Å². The van der Waals surface area contributed by atoms with Crippen molar-refractivity contribution < 1.29 is 15.1 Å². The second-order valence-electron chi connectivity index (χ2n) is 5.41. The van der Waals surface area contributed by atoms with Gasteiger partial charge in [-0.05, 0) is 18.2 Å². The predicted molar refractivity (Wildman–Crippen MR) is 92.5 cm³/mol. The highest BCUT2D eigenvalue weighted by atomic mass is 16.6. The first kappa shape index (κ1) is 16.5. The van der Waals surface area contributed by atoms with E-state index in [1.54, 1.807) is 12.1 Å². The third-order valence-electron chi connectivity index (χ3n) is 3.70. The molecule has 1 atom stereocenters. The number of nitrogens with zero attached hydrogens (tertiary/aromatic N) is 3. The van der Waals surface area contributed by atoms with Crippen LogP contribution >= 0.6 is 0 Å². The number of allylic oxidation sites excluding steroid dienone is 4. The fraction of sp³-hybridized carbons (Fsp3) is 0.111. The molecule has 1 aromatic heterocycles. The smallest absolute Gasteiger partial charge is 0.252 e. The Morgan fingerprint density at radius 1 is 1.12 bits per heavy atom. The van der Waals surface area contributed by atoms with Gasteiger partial charge in [0.2, 0.25) is 0 Å². The topological polar surface area (TPSA) is 109 Å². The van der Waals surface area contributed by atoms with Gasteiger partial charge in [-0.3, -0.25) is 10.1 Å². The van der Waals surface area contributed by atoms with Crippen LogP contribution in [0.5, 0.6) is 0 Å². The zero-order valence-corrected chi connectivity index (χ0v) is 13.1.